The number of rotatable bonds is 3. The molecule has 1 aliphatic heterocycles. The number of aromatic nitrogens is 1. The van der Waals surface area contributed by atoms with E-state index in [1.54, 1.807) is 12.1 Å². The van der Waals surface area contributed by atoms with Gasteiger partial charge in [0.15, 0.2) is 0 Å². The number of aryl methyl sites for hydroxylation is 1. The third-order valence-corrected chi connectivity index (χ3v) is 8.18. The number of benzene rings is 3. The fraction of sp³-hybridized carbons (Fsp3) is 0.241. The van der Waals surface area contributed by atoms with E-state index >= 15 is 0 Å². The van der Waals surface area contributed by atoms with Crippen molar-refractivity contribution in [2.24, 2.45) is 10.4 Å². The smallest absolute Gasteiger partial charge is 0.217 e. The Hall–Kier alpha value is -2.62. The van der Waals surface area contributed by atoms with Crippen LogP contribution in [0.2, 0.25) is 0 Å². The SMILES string of the molecule is CC1(C)CCc2ccccc2[C@@H]2SC(c3[c-]c(Oc4ccc5cccc(O)c5n4)ccc3)=N[C@H]21.[Pt]. The van der Waals surface area contributed by atoms with Crippen molar-refractivity contribution in [3.8, 4) is 17.4 Å². The maximum atomic E-state index is 10.1. The van der Waals surface area contributed by atoms with Gasteiger partial charge in [0.1, 0.15) is 11.3 Å². The number of aliphatic imine (C=N–C) groups is 1. The zero-order valence-corrected chi connectivity index (χ0v) is 22.6. The maximum Gasteiger partial charge on any atom is 0.217 e. The second kappa shape index (κ2) is 9.44. The third-order valence-electron chi connectivity index (χ3n) is 6.87. The minimum atomic E-state index is 0. The number of phenolic OH excluding ortho intramolecular Hbond substituents is 1. The first-order chi connectivity index (χ1) is 16.5. The van der Waals surface area contributed by atoms with Crippen LogP contribution in [-0.2, 0) is 27.5 Å². The minimum absolute atomic E-state index is 0. The van der Waals surface area contributed by atoms with Crippen LogP contribution in [0.3, 0.4) is 0 Å². The molecule has 6 rings (SSSR count). The number of phenols is 1. The number of pyridine rings is 1. The summed E-state index contributed by atoms with van der Waals surface area (Å²) in [5.41, 5.74) is 4.43. The number of aromatic hydroxyl groups is 1. The standard InChI is InChI=1S/C29H25N2O2S.Pt/c1-29(2)16-15-18-7-3-4-11-22(18)26-27(29)31-28(34-26)20-9-5-10-21(17-20)33-24-14-13-19-8-6-12-23(32)25(19)30-24;/h3-14,26-27,32H,15-16H2,1-2H3;/q-1;/t26-,27+;/m0./s1. The Bertz CT molecular complexity index is 1440. The number of fused-ring (bicyclic) bond motifs is 4. The van der Waals surface area contributed by atoms with Crippen molar-refractivity contribution in [2.45, 2.75) is 38.0 Å². The van der Waals surface area contributed by atoms with Crippen LogP contribution in [0, 0.1) is 11.5 Å². The second-order valence-corrected chi connectivity index (χ2v) is 10.8. The molecule has 3 aromatic carbocycles. The van der Waals surface area contributed by atoms with Gasteiger partial charge in [-0.05, 0) is 41.5 Å². The Morgan fingerprint density at radius 1 is 1.00 bits per heavy atom. The van der Waals surface area contributed by atoms with Crippen molar-refractivity contribution in [1.29, 1.82) is 0 Å². The van der Waals surface area contributed by atoms with Gasteiger partial charge in [-0.2, -0.15) is 0 Å². The third kappa shape index (κ3) is 4.52. The number of hydrogen-bond donors (Lipinski definition) is 1. The second-order valence-electron chi connectivity index (χ2n) is 9.63. The first-order valence-corrected chi connectivity index (χ1v) is 12.5. The molecule has 0 amide bonds. The summed E-state index contributed by atoms with van der Waals surface area (Å²) in [5.74, 6) is 1.14. The fourth-order valence-electron chi connectivity index (χ4n) is 4.92. The molecule has 0 saturated carbocycles. The van der Waals surface area contributed by atoms with Gasteiger partial charge in [-0.1, -0.05) is 56.3 Å². The molecule has 1 N–H and O–H groups in total. The summed E-state index contributed by atoms with van der Waals surface area (Å²) in [6, 6.07) is 27.4. The molecule has 6 heteroatoms. The van der Waals surface area contributed by atoms with Crippen molar-refractivity contribution >= 4 is 27.7 Å². The summed E-state index contributed by atoms with van der Waals surface area (Å²) >= 11 is 1.84. The van der Waals surface area contributed by atoms with Gasteiger partial charge >= 0.3 is 0 Å². The first kappa shape index (κ1) is 24.1. The molecule has 1 aromatic heterocycles. The molecular formula is C29H25N2O2PtS-. The molecule has 0 spiro atoms. The van der Waals surface area contributed by atoms with Crippen LogP contribution >= 0.6 is 11.8 Å². The van der Waals surface area contributed by atoms with Gasteiger partial charge in [0.25, 0.3) is 0 Å². The van der Waals surface area contributed by atoms with Gasteiger partial charge in [0, 0.05) is 48.6 Å². The Labute approximate surface area is 224 Å². The number of para-hydroxylation sites is 1. The molecule has 2 aliphatic rings. The number of nitrogens with zero attached hydrogens (tertiary/aromatic N) is 2. The van der Waals surface area contributed by atoms with E-state index in [9.17, 15) is 5.11 Å². The normalized spacial score (nSPS) is 20.2. The van der Waals surface area contributed by atoms with Gasteiger partial charge < -0.3 is 14.8 Å². The summed E-state index contributed by atoms with van der Waals surface area (Å²) in [6.07, 6.45) is 2.22. The monoisotopic (exact) mass is 660 g/mol. The summed E-state index contributed by atoms with van der Waals surface area (Å²) in [5, 5.41) is 12.3. The predicted octanol–water partition coefficient (Wildman–Crippen LogP) is 7.11. The van der Waals surface area contributed by atoms with Crippen LogP contribution < -0.4 is 4.74 Å². The average molecular weight is 661 g/mol. The molecule has 4 nitrogen and oxygen atoms in total. The van der Waals surface area contributed by atoms with Gasteiger partial charge in [0.05, 0.1) is 6.04 Å². The van der Waals surface area contributed by atoms with Crippen LogP contribution in [0.5, 0.6) is 17.4 Å². The van der Waals surface area contributed by atoms with E-state index in [1.807, 2.05) is 48.2 Å². The van der Waals surface area contributed by atoms with E-state index in [0.717, 1.165) is 28.8 Å². The van der Waals surface area contributed by atoms with Crippen LogP contribution in [0.15, 0.2) is 77.8 Å². The van der Waals surface area contributed by atoms with Crippen molar-refractivity contribution < 1.29 is 30.9 Å². The predicted molar refractivity (Wildman–Crippen MR) is 138 cm³/mol. The van der Waals surface area contributed by atoms with Gasteiger partial charge in [-0.25, -0.2) is 4.98 Å². The summed E-state index contributed by atoms with van der Waals surface area (Å²) in [7, 11) is 0. The van der Waals surface area contributed by atoms with Crippen molar-refractivity contribution in [1.82, 2.24) is 4.98 Å². The molecule has 0 bridgehead atoms. The number of hydrogen-bond acceptors (Lipinski definition) is 5. The van der Waals surface area contributed by atoms with Gasteiger partial charge in [0.2, 0.25) is 5.88 Å². The largest absolute Gasteiger partial charge is 0.506 e. The Balaban J connectivity index is 0.00000253. The van der Waals surface area contributed by atoms with E-state index in [4.69, 9.17) is 9.73 Å². The summed E-state index contributed by atoms with van der Waals surface area (Å²) in [6.45, 7) is 4.68. The Morgan fingerprint density at radius 3 is 2.71 bits per heavy atom. The van der Waals surface area contributed by atoms with Gasteiger partial charge in [-0.15, -0.1) is 35.5 Å². The molecule has 2 atom stereocenters. The topological polar surface area (TPSA) is 54.7 Å². The molecule has 0 saturated heterocycles. The molecule has 1 aliphatic carbocycles. The van der Waals surface area contributed by atoms with Gasteiger partial charge in [-0.3, -0.25) is 0 Å². The molecule has 0 fully saturated rings. The van der Waals surface area contributed by atoms with E-state index in [-0.39, 0.29) is 38.3 Å². The fourth-order valence-corrected chi connectivity index (χ4v) is 6.50. The van der Waals surface area contributed by atoms with Crippen molar-refractivity contribution in [2.75, 3.05) is 0 Å². The van der Waals surface area contributed by atoms with E-state index in [2.05, 4.69) is 49.2 Å². The molecule has 4 aromatic rings. The molecule has 0 radical (unpaired) electrons. The number of ether oxygens (including phenoxy) is 1. The Morgan fingerprint density at radius 2 is 1.83 bits per heavy atom. The van der Waals surface area contributed by atoms with Crippen LogP contribution in [0.1, 0.15) is 42.2 Å². The zero-order chi connectivity index (χ0) is 23.3. The zero-order valence-electron chi connectivity index (χ0n) is 19.5. The Kier molecular flexibility index (Phi) is 6.50. The average Bonchev–Trinajstić information content (AvgIpc) is 3.27. The molecule has 0 unspecified atom stereocenters. The molecular weight excluding hydrogens is 635 g/mol. The van der Waals surface area contributed by atoms with E-state index in [1.165, 1.54) is 11.1 Å². The number of thioether (sulfide) groups is 1. The van der Waals surface area contributed by atoms with Crippen LogP contribution in [0.25, 0.3) is 10.9 Å². The van der Waals surface area contributed by atoms with Crippen LogP contribution in [-0.4, -0.2) is 21.2 Å². The molecule has 180 valence electrons. The minimum Gasteiger partial charge on any atom is -0.506 e. The summed E-state index contributed by atoms with van der Waals surface area (Å²) < 4.78 is 6.04. The quantitative estimate of drug-likeness (QED) is 0.238. The maximum absolute atomic E-state index is 10.1. The van der Waals surface area contributed by atoms with Crippen molar-refractivity contribution in [3.05, 3.63) is 95.6 Å². The van der Waals surface area contributed by atoms with Crippen molar-refractivity contribution in [3.63, 3.8) is 0 Å². The first-order valence-electron chi connectivity index (χ1n) is 11.6. The van der Waals surface area contributed by atoms with Crippen LogP contribution in [0.4, 0.5) is 0 Å². The summed E-state index contributed by atoms with van der Waals surface area (Å²) in [4.78, 5) is 9.72. The van der Waals surface area contributed by atoms with E-state index < -0.39 is 0 Å². The molecule has 35 heavy (non-hydrogen) atoms. The molecule has 2 heterocycles. The van der Waals surface area contributed by atoms with E-state index in [0.29, 0.717) is 22.4 Å².